The van der Waals surface area contributed by atoms with Crippen LogP contribution in [0.15, 0.2) is 36.5 Å². The Labute approximate surface area is 119 Å². The molecule has 0 spiro atoms. The Kier molecular flexibility index (Phi) is 3.30. The Balaban J connectivity index is 2.03. The van der Waals surface area contributed by atoms with E-state index in [1.54, 1.807) is 12.3 Å². The number of hydrogen-bond donors (Lipinski definition) is 0. The third-order valence-corrected chi connectivity index (χ3v) is 2.73. The van der Waals surface area contributed by atoms with Gasteiger partial charge in [-0.3, -0.25) is 4.98 Å². The van der Waals surface area contributed by atoms with E-state index in [0.29, 0.717) is 5.75 Å². The zero-order valence-electron chi connectivity index (χ0n) is 10.4. The van der Waals surface area contributed by atoms with Crippen LogP contribution < -0.4 is 9.47 Å². The number of nitrogens with zero attached hydrogens (tertiary/aromatic N) is 4. The van der Waals surface area contributed by atoms with Crippen LogP contribution in [-0.2, 0) is 0 Å². The highest BCUT2D eigenvalue weighted by Gasteiger charge is 2.09. The molecular formula is C13H9ClN4O2. The second-order valence-corrected chi connectivity index (χ2v) is 4.14. The number of pyridine rings is 1. The summed E-state index contributed by atoms with van der Waals surface area (Å²) in [6.45, 7) is 0. The smallest absolute Gasteiger partial charge is 0.329 e. The van der Waals surface area contributed by atoms with Crippen LogP contribution in [0, 0.1) is 0 Å². The molecule has 2 heterocycles. The molecule has 0 saturated carbocycles. The van der Waals surface area contributed by atoms with Crippen molar-refractivity contribution in [2.45, 2.75) is 0 Å². The predicted molar refractivity (Wildman–Crippen MR) is 73.2 cm³/mol. The minimum absolute atomic E-state index is 0.00483. The molecule has 0 radical (unpaired) electrons. The van der Waals surface area contributed by atoms with Crippen LogP contribution in [0.1, 0.15) is 0 Å². The Bertz CT molecular complexity index is 761. The average Bonchev–Trinajstić information content (AvgIpc) is 2.47. The van der Waals surface area contributed by atoms with Gasteiger partial charge in [0.15, 0.2) is 0 Å². The van der Waals surface area contributed by atoms with Gasteiger partial charge in [-0.1, -0.05) is 6.07 Å². The number of rotatable bonds is 3. The third-order valence-electron chi connectivity index (χ3n) is 2.56. The topological polar surface area (TPSA) is 70.0 Å². The molecule has 7 heteroatoms. The van der Waals surface area contributed by atoms with E-state index in [2.05, 4.69) is 19.9 Å². The number of methoxy groups -OCH3 is 1. The van der Waals surface area contributed by atoms with Crippen molar-refractivity contribution in [2.75, 3.05) is 7.11 Å². The van der Waals surface area contributed by atoms with Gasteiger partial charge < -0.3 is 9.47 Å². The van der Waals surface area contributed by atoms with Crippen molar-refractivity contribution in [1.82, 2.24) is 19.9 Å². The van der Waals surface area contributed by atoms with Gasteiger partial charge in [-0.25, -0.2) is 0 Å². The molecule has 2 aromatic heterocycles. The van der Waals surface area contributed by atoms with Crippen molar-refractivity contribution >= 4 is 22.5 Å². The molecule has 0 saturated heterocycles. The quantitative estimate of drug-likeness (QED) is 0.738. The molecule has 0 atom stereocenters. The minimum atomic E-state index is 0.00483. The second-order valence-electron chi connectivity index (χ2n) is 3.80. The van der Waals surface area contributed by atoms with Crippen LogP contribution in [0.5, 0.6) is 17.8 Å². The number of benzene rings is 1. The van der Waals surface area contributed by atoms with Gasteiger partial charge in [0, 0.05) is 11.6 Å². The molecule has 20 heavy (non-hydrogen) atoms. The van der Waals surface area contributed by atoms with Gasteiger partial charge in [0.05, 0.1) is 12.6 Å². The molecule has 0 aliphatic carbocycles. The first kappa shape index (κ1) is 12.6. The van der Waals surface area contributed by atoms with E-state index >= 15 is 0 Å². The van der Waals surface area contributed by atoms with Crippen molar-refractivity contribution in [2.24, 2.45) is 0 Å². The predicted octanol–water partition coefficient (Wildman–Crippen LogP) is 2.87. The highest BCUT2D eigenvalue weighted by molar-refractivity contribution is 6.28. The summed E-state index contributed by atoms with van der Waals surface area (Å²) in [5, 5.41) is 0.857. The zero-order chi connectivity index (χ0) is 13.9. The maximum absolute atomic E-state index is 5.78. The molecular weight excluding hydrogens is 280 g/mol. The molecule has 0 unspecified atom stereocenters. The lowest BCUT2D eigenvalue weighted by Gasteiger charge is -2.07. The van der Waals surface area contributed by atoms with E-state index in [9.17, 15) is 0 Å². The SMILES string of the molecule is COc1nc(Cl)nc(Oc2cccc3ncccc23)n1. The van der Waals surface area contributed by atoms with Crippen molar-refractivity contribution in [3.63, 3.8) is 0 Å². The first-order chi connectivity index (χ1) is 9.76. The molecule has 0 aliphatic rings. The standard InChI is InChI=1S/C13H9ClN4O2/c1-19-12-16-11(14)17-13(18-12)20-10-6-2-5-9-8(10)4-3-7-15-9/h2-7H,1H3. The van der Waals surface area contributed by atoms with Crippen LogP contribution in [0.25, 0.3) is 10.9 Å². The summed E-state index contributed by atoms with van der Waals surface area (Å²) < 4.78 is 10.6. The van der Waals surface area contributed by atoms with Crippen LogP contribution in [-0.4, -0.2) is 27.0 Å². The summed E-state index contributed by atoms with van der Waals surface area (Å²) in [6, 6.07) is 9.42. The van der Waals surface area contributed by atoms with E-state index in [-0.39, 0.29) is 17.3 Å². The largest absolute Gasteiger partial charge is 0.467 e. The summed E-state index contributed by atoms with van der Waals surface area (Å²) >= 11 is 5.78. The molecule has 0 amide bonds. The summed E-state index contributed by atoms with van der Waals surface area (Å²) in [5.74, 6) is 0.583. The van der Waals surface area contributed by atoms with E-state index in [4.69, 9.17) is 21.1 Å². The van der Waals surface area contributed by atoms with Gasteiger partial charge in [0.1, 0.15) is 5.75 Å². The lowest BCUT2D eigenvalue weighted by Crippen LogP contribution is -1.99. The van der Waals surface area contributed by atoms with E-state index in [0.717, 1.165) is 10.9 Å². The molecule has 0 bridgehead atoms. The molecule has 0 fully saturated rings. The van der Waals surface area contributed by atoms with Crippen molar-refractivity contribution < 1.29 is 9.47 Å². The van der Waals surface area contributed by atoms with Gasteiger partial charge in [-0.2, -0.15) is 9.97 Å². The highest BCUT2D eigenvalue weighted by Crippen LogP contribution is 2.27. The van der Waals surface area contributed by atoms with Gasteiger partial charge in [0.25, 0.3) is 0 Å². The van der Waals surface area contributed by atoms with Gasteiger partial charge in [-0.15, -0.1) is 4.98 Å². The minimum Gasteiger partial charge on any atom is -0.467 e. The molecule has 0 aliphatic heterocycles. The van der Waals surface area contributed by atoms with E-state index in [1.165, 1.54) is 7.11 Å². The van der Waals surface area contributed by atoms with Crippen LogP contribution >= 0.6 is 11.6 Å². The maximum atomic E-state index is 5.78. The van der Waals surface area contributed by atoms with E-state index in [1.807, 2.05) is 24.3 Å². The number of ether oxygens (including phenoxy) is 2. The maximum Gasteiger partial charge on any atom is 0.329 e. The number of hydrogen-bond acceptors (Lipinski definition) is 6. The Hall–Kier alpha value is -2.47. The van der Waals surface area contributed by atoms with Crippen molar-refractivity contribution in [1.29, 1.82) is 0 Å². The van der Waals surface area contributed by atoms with Crippen LogP contribution in [0.3, 0.4) is 0 Å². The van der Waals surface area contributed by atoms with Gasteiger partial charge in [-0.05, 0) is 35.9 Å². The summed E-state index contributed by atoms with van der Waals surface area (Å²) in [6.07, 6.45) is 1.72. The first-order valence-electron chi connectivity index (χ1n) is 5.73. The van der Waals surface area contributed by atoms with Crippen LogP contribution in [0.4, 0.5) is 0 Å². The van der Waals surface area contributed by atoms with Gasteiger partial charge >= 0.3 is 12.0 Å². The van der Waals surface area contributed by atoms with Crippen LogP contribution in [0.2, 0.25) is 5.28 Å². The Morgan fingerprint density at radius 2 is 1.85 bits per heavy atom. The normalized spacial score (nSPS) is 10.5. The van der Waals surface area contributed by atoms with Crippen molar-refractivity contribution in [3.8, 4) is 17.8 Å². The fourth-order valence-electron chi connectivity index (χ4n) is 1.71. The first-order valence-corrected chi connectivity index (χ1v) is 6.11. The molecule has 100 valence electrons. The van der Waals surface area contributed by atoms with Crippen molar-refractivity contribution in [3.05, 3.63) is 41.8 Å². The molecule has 6 nitrogen and oxygen atoms in total. The summed E-state index contributed by atoms with van der Waals surface area (Å²) in [5.41, 5.74) is 0.817. The molecule has 3 rings (SSSR count). The monoisotopic (exact) mass is 288 g/mol. The zero-order valence-corrected chi connectivity index (χ0v) is 11.2. The Morgan fingerprint density at radius 3 is 2.70 bits per heavy atom. The fraction of sp³-hybridized carbons (Fsp3) is 0.0769. The molecule has 1 aromatic carbocycles. The molecule has 0 N–H and O–H groups in total. The highest BCUT2D eigenvalue weighted by atomic mass is 35.5. The average molecular weight is 289 g/mol. The number of halogens is 1. The summed E-state index contributed by atoms with van der Waals surface area (Å²) in [4.78, 5) is 15.9. The lowest BCUT2D eigenvalue weighted by atomic mass is 10.2. The number of aromatic nitrogens is 4. The number of fused-ring (bicyclic) bond motifs is 1. The van der Waals surface area contributed by atoms with E-state index < -0.39 is 0 Å². The third kappa shape index (κ3) is 2.46. The Morgan fingerprint density at radius 1 is 1.00 bits per heavy atom. The lowest BCUT2D eigenvalue weighted by molar-refractivity contribution is 0.360. The summed E-state index contributed by atoms with van der Waals surface area (Å²) in [7, 11) is 1.44. The van der Waals surface area contributed by atoms with Gasteiger partial charge in [0.2, 0.25) is 5.28 Å². The second kappa shape index (κ2) is 5.26. The fourth-order valence-corrected chi connectivity index (χ4v) is 1.86. The molecule has 3 aromatic rings.